The summed E-state index contributed by atoms with van der Waals surface area (Å²) in [5, 5.41) is 0. The van der Waals surface area contributed by atoms with Gasteiger partial charge in [-0.15, -0.1) is 0 Å². The molecule has 0 fully saturated rings. The minimum Gasteiger partial charge on any atom is -1.00 e. The molecule has 16 heavy (non-hydrogen) atoms. The molecule has 90 valence electrons. The first-order valence-corrected chi connectivity index (χ1v) is 6.13. The molecule has 0 aromatic heterocycles. The van der Waals surface area contributed by atoms with E-state index in [9.17, 15) is 0 Å². The molecule has 0 heterocycles. The number of hydrogen-bond acceptors (Lipinski definition) is 0. The van der Waals surface area contributed by atoms with Crippen LogP contribution in [0.3, 0.4) is 0 Å². The van der Waals surface area contributed by atoms with Crippen LogP contribution in [0.15, 0.2) is 22.8 Å². The van der Waals surface area contributed by atoms with E-state index in [4.69, 9.17) is 0 Å². The maximum Gasteiger partial charge on any atom is -1.00 e. The Kier molecular flexibility index (Phi) is 9.08. The monoisotopic (exact) mass is 314 g/mol. The zero-order chi connectivity index (χ0) is 9.47. The van der Waals surface area contributed by atoms with Gasteiger partial charge < -0.3 is 37.2 Å². The maximum atomic E-state index is 2.46. The van der Waals surface area contributed by atoms with Crippen LogP contribution < -0.4 is 37.2 Å². The van der Waals surface area contributed by atoms with E-state index < -0.39 is 0 Å². The van der Waals surface area contributed by atoms with E-state index in [0.29, 0.717) is 3.72 Å². The van der Waals surface area contributed by atoms with E-state index in [1.165, 1.54) is 32.1 Å². The van der Waals surface area contributed by atoms with Gasteiger partial charge in [0.15, 0.2) is 0 Å². The molecule has 1 unspecified atom stereocenters. The summed E-state index contributed by atoms with van der Waals surface area (Å²) in [5.74, 6) is 0. The third-order valence-electron chi connectivity index (χ3n) is 3.62. The smallest absolute Gasteiger partial charge is 1.00 e. The van der Waals surface area contributed by atoms with E-state index in [1.807, 2.05) is 0 Å². The van der Waals surface area contributed by atoms with Gasteiger partial charge in [-0.25, -0.2) is 0 Å². The first-order valence-electron chi connectivity index (χ1n) is 5.35. The first kappa shape index (κ1) is 19.4. The van der Waals surface area contributed by atoms with E-state index in [0.717, 1.165) is 0 Å². The normalized spacial score (nSPS) is 27.1. The molecule has 0 amide bonds. The molecule has 2 aliphatic rings. The van der Waals surface area contributed by atoms with Crippen LogP contribution in [0.4, 0.5) is 0 Å². The van der Waals surface area contributed by atoms with Crippen molar-refractivity contribution in [3.63, 3.8) is 0 Å². The van der Waals surface area contributed by atoms with Crippen LogP contribution in [0.5, 0.6) is 0 Å². The van der Waals surface area contributed by atoms with Crippen molar-refractivity contribution in [2.75, 3.05) is 0 Å². The van der Waals surface area contributed by atoms with Gasteiger partial charge in [0, 0.05) is 0 Å². The summed E-state index contributed by atoms with van der Waals surface area (Å²) >= 11 is 2.42. The molecular formula is C12H17Cl3Ti. The molecule has 0 aromatic rings. The fourth-order valence-corrected chi connectivity index (χ4v) is 3.25. The summed E-state index contributed by atoms with van der Waals surface area (Å²) in [6.07, 6.45) is 9.24. The average molecular weight is 315 g/mol. The third-order valence-corrected chi connectivity index (χ3v) is 5.26. The number of halogens is 3. The Labute approximate surface area is 129 Å². The summed E-state index contributed by atoms with van der Waals surface area (Å²) in [5.41, 5.74) is 5.04. The molecule has 2 aliphatic carbocycles. The van der Waals surface area contributed by atoms with Crippen LogP contribution in [0.2, 0.25) is 3.72 Å². The second-order valence-corrected chi connectivity index (χ2v) is 5.63. The quantitative estimate of drug-likeness (QED) is 0.425. The van der Waals surface area contributed by atoms with Crippen molar-refractivity contribution in [3.8, 4) is 0 Å². The van der Waals surface area contributed by atoms with Gasteiger partial charge in [-0.3, -0.25) is 0 Å². The molecule has 0 saturated heterocycles. The number of rotatable bonds is 1. The maximum absolute atomic E-state index is 2.46. The summed E-state index contributed by atoms with van der Waals surface area (Å²) in [6.45, 7) is 4.63. The fourth-order valence-electron chi connectivity index (χ4n) is 2.69. The average Bonchev–Trinajstić information content (AvgIpc) is 2.41. The standard InChI is InChI=1S/C12H17.3ClH.Ti/c1-3-11-9(2)8-10-6-4-5-7-12(10)11;;;;/h8H,3-7H2,1-2H3;3*1H;/q;;;;+3/p-3. The zero-order valence-corrected chi connectivity index (χ0v) is 13.6. The molecule has 0 saturated carbocycles. The SMILES string of the molecule is CC[C]1([Ti+3])C(C)=CC2=C1CCCC2.[Cl-].[Cl-].[Cl-]. The second kappa shape index (κ2) is 7.49. The number of allylic oxidation sites excluding steroid dienone is 4. The van der Waals surface area contributed by atoms with Gasteiger partial charge in [0.1, 0.15) is 0 Å². The van der Waals surface area contributed by atoms with E-state index >= 15 is 0 Å². The van der Waals surface area contributed by atoms with Crippen LogP contribution in [-0.2, 0) is 20.4 Å². The molecule has 0 nitrogen and oxygen atoms in total. The van der Waals surface area contributed by atoms with Gasteiger partial charge in [-0.1, -0.05) is 0 Å². The number of hydrogen-bond donors (Lipinski definition) is 0. The Morgan fingerprint density at radius 1 is 1.19 bits per heavy atom. The molecule has 0 aliphatic heterocycles. The molecule has 0 radical (unpaired) electrons. The van der Waals surface area contributed by atoms with Crippen LogP contribution in [0, 0.1) is 0 Å². The van der Waals surface area contributed by atoms with Gasteiger partial charge in [0.05, 0.1) is 0 Å². The second-order valence-electron chi connectivity index (χ2n) is 4.30. The Bertz CT molecular complexity index is 297. The van der Waals surface area contributed by atoms with Crippen molar-refractivity contribution < 1.29 is 57.7 Å². The Balaban J connectivity index is 0. The van der Waals surface area contributed by atoms with Crippen molar-refractivity contribution >= 4 is 0 Å². The van der Waals surface area contributed by atoms with E-state index in [1.54, 1.807) is 16.7 Å². The van der Waals surface area contributed by atoms with E-state index in [2.05, 4.69) is 40.4 Å². The Morgan fingerprint density at radius 2 is 1.75 bits per heavy atom. The molecule has 1 atom stereocenters. The summed E-state index contributed by atoms with van der Waals surface area (Å²) < 4.78 is 0.426. The van der Waals surface area contributed by atoms with Gasteiger partial charge >= 0.3 is 92.9 Å². The van der Waals surface area contributed by atoms with Gasteiger partial charge in [0.25, 0.3) is 0 Å². The van der Waals surface area contributed by atoms with Crippen LogP contribution >= 0.6 is 0 Å². The molecule has 4 heteroatoms. The minimum absolute atomic E-state index is 0. The predicted octanol–water partition coefficient (Wildman–Crippen LogP) is -5.06. The van der Waals surface area contributed by atoms with Crippen molar-refractivity contribution in [3.05, 3.63) is 22.8 Å². The van der Waals surface area contributed by atoms with Crippen LogP contribution in [0.1, 0.15) is 46.0 Å². The van der Waals surface area contributed by atoms with Crippen molar-refractivity contribution in [1.29, 1.82) is 0 Å². The minimum atomic E-state index is 0. The molecule has 2 rings (SSSR count). The summed E-state index contributed by atoms with van der Waals surface area (Å²) in [7, 11) is 0. The summed E-state index contributed by atoms with van der Waals surface area (Å²) in [4.78, 5) is 0. The molecule has 0 N–H and O–H groups in total. The molecule has 0 bridgehead atoms. The van der Waals surface area contributed by atoms with Crippen LogP contribution in [-0.4, -0.2) is 0 Å². The van der Waals surface area contributed by atoms with Crippen molar-refractivity contribution in [1.82, 2.24) is 0 Å². The zero-order valence-electron chi connectivity index (χ0n) is 9.75. The first-order chi connectivity index (χ1) is 6.18. The van der Waals surface area contributed by atoms with E-state index in [-0.39, 0.29) is 37.2 Å². The van der Waals surface area contributed by atoms with Gasteiger partial charge in [-0.2, -0.15) is 0 Å². The predicted molar refractivity (Wildman–Crippen MR) is 52.2 cm³/mol. The van der Waals surface area contributed by atoms with Gasteiger partial charge in [-0.05, 0) is 0 Å². The Morgan fingerprint density at radius 3 is 2.31 bits per heavy atom. The molecular weight excluding hydrogens is 298 g/mol. The van der Waals surface area contributed by atoms with Crippen molar-refractivity contribution in [2.45, 2.75) is 49.7 Å². The Hall–Kier alpha value is 1.06. The van der Waals surface area contributed by atoms with Crippen LogP contribution in [0.25, 0.3) is 0 Å². The third kappa shape index (κ3) is 3.09. The van der Waals surface area contributed by atoms with Gasteiger partial charge in [0.2, 0.25) is 0 Å². The largest absolute Gasteiger partial charge is 1.00 e. The topological polar surface area (TPSA) is 0 Å². The molecule has 0 aromatic carbocycles. The van der Waals surface area contributed by atoms with Crippen molar-refractivity contribution in [2.24, 2.45) is 0 Å². The summed E-state index contributed by atoms with van der Waals surface area (Å²) in [6, 6.07) is 0. The molecule has 0 spiro atoms. The fraction of sp³-hybridized carbons (Fsp3) is 0.667.